The maximum absolute atomic E-state index is 12.0. The Balaban J connectivity index is 1.87. The number of hydrogen-bond acceptors (Lipinski definition) is 3. The van der Waals surface area contributed by atoms with Gasteiger partial charge in [-0.3, -0.25) is 14.9 Å². The topological polar surface area (TPSA) is 70.2 Å². The Morgan fingerprint density at radius 1 is 1.00 bits per heavy atom. The van der Waals surface area contributed by atoms with Gasteiger partial charge in [0.1, 0.15) is 0 Å². The van der Waals surface area contributed by atoms with Gasteiger partial charge in [-0.2, -0.15) is 0 Å². The molecule has 3 N–H and O–H groups in total. The third-order valence-electron chi connectivity index (χ3n) is 3.49. The molecular formula is C20H20ClN3O2S. The Morgan fingerprint density at radius 2 is 1.59 bits per heavy atom. The van der Waals surface area contributed by atoms with Crippen molar-refractivity contribution in [2.45, 2.75) is 13.8 Å². The van der Waals surface area contributed by atoms with E-state index >= 15 is 0 Å². The monoisotopic (exact) mass is 401 g/mol. The molecule has 0 heterocycles. The minimum absolute atomic E-state index is 0.0520. The Bertz CT molecular complexity index is 864. The van der Waals surface area contributed by atoms with E-state index in [9.17, 15) is 9.59 Å². The van der Waals surface area contributed by atoms with Crippen LogP contribution < -0.4 is 16.0 Å². The molecule has 0 aromatic heterocycles. The molecular weight excluding hydrogens is 382 g/mol. The molecule has 2 aromatic carbocycles. The van der Waals surface area contributed by atoms with Crippen LogP contribution in [-0.4, -0.2) is 16.9 Å². The Kier molecular flexibility index (Phi) is 7.52. The molecule has 2 aromatic rings. The minimum Gasteiger partial charge on any atom is -0.332 e. The zero-order valence-electron chi connectivity index (χ0n) is 15.0. The van der Waals surface area contributed by atoms with Crippen LogP contribution >= 0.6 is 23.8 Å². The van der Waals surface area contributed by atoms with Crippen molar-refractivity contribution in [1.82, 2.24) is 5.32 Å². The SMILES string of the molecule is CC(C)C(=O)Nc1ccc(NC(=S)NC(=O)/C=C/c2ccccc2Cl)cc1. The van der Waals surface area contributed by atoms with Gasteiger partial charge >= 0.3 is 0 Å². The van der Waals surface area contributed by atoms with Crippen LogP contribution in [0.25, 0.3) is 6.08 Å². The molecule has 0 spiro atoms. The normalized spacial score (nSPS) is 10.7. The van der Waals surface area contributed by atoms with Gasteiger partial charge in [0.2, 0.25) is 11.8 Å². The smallest absolute Gasteiger partial charge is 0.250 e. The summed E-state index contributed by atoms with van der Waals surface area (Å²) < 4.78 is 0. The van der Waals surface area contributed by atoms with Gasteiger partial charge in [0, 0.05) is 28.4 Å². The molecule has 0 saturated carbocycles. The van der Waals surface area contributed by atoms with E-state index in [0.29, 0.717) is 16.4 Å². The van der Waals surface area contributed by atoms with Crippen LogP contribution in [0.1, 0.15) is 19.4 Å². The lowest BCUT2D eigenvalue weighted by molar-refractivity contribution is -0.119. The fourth-order valence-electron chi connectivity index (χ4n) is 2.02. The first-order chi connectivity index (χ1) is 12.8. The zero-order chi connectivity index (χ0) is 19.8. The van der Waals surface area contributed by atoms with E-state index in [1.54, 1.807) is 36.4 Å². The molecule has 7 heteroatoms. The molecule has 0 saturated heterocycles. The summed E-state index contributed by atoms with van der Waals surface area (Å²) in [5, 5.41) is 9.01. The standard InChI is InChI=1S/C20H20ClN3O2S/c1-13(2)19(26)22-15-8-10-16(11-9-15)23-20(27)24-18(25)12-7-14-5-3-4-6-17(14)21/h3-13H,1-2H3,(H,22,26)(H2,23,24,25,27)/b12-7+. The average Bonchev–Trinajstić information content (AvgIpc) is 2.62. The third-order valence-corrected chi connectivity index (χ3v) is 4.04. The first-order valence-corrected chi connectivity index (χ1v) is 9.09. The number of hydrogen-bond donors (Lipinski definition) is 3. The number of thiocarbonyl (C=S) groups is 1. The lowest BCUT2D eigenvalue weighted by Gasteiger charge is -2.10. The number of rotatable bonds is 5. The third kappa shape index (κ3) is 6.84. The van der Waals surface area contributed by atoms with Gasteiger partial charge in [-0.25, -0.2) is 0 Å². The van der Waals surface area contributed by atoms with Gasteiger partial charge in [0.25, 0.3) is 0 Å². The predicted octanol–water partition coefficient (Wildman–Crippen LogP) is 4.46. The number of amides is 2. The first-order valence-electron chi connectivity index (χ1n) is 8.30. The number of carbonyl (C=O) groups is 2. The Hall–Kier alpha value is -2.70. The largest absolute Gasteiger partial charge is 0.332 e. The van der Waals surface area contributed by atoms with Gasteiger partial charge in [-0.05, 0) is 54.2 Å². The Morgan fingerprint density at radius 3 is 2.19 bits per heavy atom. The summed E-state index contributed by atoms with van der Waals surface area (Å²) in [6, 6.07) is 14.2. The van der Waals surface area contributed by atoms with Crippen LogP contribution in [0.2, 0.25) is 5.02 Å². The maximum Gasteiger partial charge on any atom is 0.250 e. The van der Waals surface area contributed by atoms with Gasteiger partial charge in [-0.1, -0.05) is 43.6 Å². The van der Waals surface area contributed by atoms with Gasteiger partial charge in [0.15, 0.2) is 5.11 Å². The van der Waals surface area contributed by atoms with Crippen molar-refractivity contribution in [2.24, 2.45) is 5.92 Å². The quantitative estimate of drug-likeness (QED) is 0.511. The fourth-order valence-corrected chi connectivity index (χ4v) is 2.43. The molecule has 2 rings (SSSR count). The molecule has 27 heavy (non-hydrogen) atoms. The summed E-state index contributed by atoms with van der Waals surface area (Å²) in [6.07, 6.45) is 2.98. The predicted molar refractivity (Wildman–Crippen MR) is 115 cm³/mol. The fraction of sp³-hybridized carbons (Fsp3) is 0.150. The summed E-state index contributed by atoms with van der Waals surface area (Å²) in [4.78, 5) is 23.6. The maximum atomic E-state index is 12.0. The van der Waals surface area contributed by atoms with Crippen molar-refractivity contribution in [1.29, 1.82) is 0 Å². The van der Waals surface area contributed by atoms with E-state index in [4.69, 9.17) is 23.8 Å². The van der Waals surface area contributed by atoms with Crippen LogP contribution in [0.5, 0.6) is 0 Å². The number of anilines is 2. The molecule has 0 radical (unpaired) electrons. The number of carbonyl (C=O) groups excluding carboxylic acids is 2. The molecule has 5 nitrogen and oxygen atoms in total. The molecule has 0 aliphatic heterocycles. The van der Waals surface area contributed by atoms with Crippen LogP contribution in [0, 0.1) is 5.92 Å². The molecule has 0 atom stereocenters. The summed E-state index contributed by atoms with van der Waals surface area (Å²) >= 11 is 11.2. The van der Waals surface area contributed by atoms with Crippen molar-refractivity contribution in [3.05, 3.63) is 65.2 Å². The molecule has 140 valence electrons. The van der Waals surface area contributed by atoms with Crippen LogP contribution in [0.3, 0.4) is 0 Å². The van der Waals surface area contributed by atoms with Crippen molar-refractivity contribution in [3.63, 3.8) is 0 Å². The molecule has 0 aliphatic rings. The molecule has 0 bridgehead atoms. The van der Waals surface area contributed by atoms with Gasteiger partial charge in [0.05, 0.1) is 0 Å². The van der Waals surface area contributed by atoms with Crippen LogP contribution in [0.4, 0.5) is 11.4 Å². The summed E-state index contributed by atoms with van der Waals surface area (Å²) in [5.74, 6) is -0.513. The van der Waals surface area contributed by atoms with Crippen molar-refractivity contribution in [3.8, 4) is 0 Å². The van der Waals surface area contributed by atoms with E-state index in [-0.39, 0.29) is 22.8 Å². The van der Waals surface area contributed by atoms with Gasteiger partial charge in [-0.15, -0.1) is 0 Å². The second-order valence-corrected chi connectivity index (χ2v) is 6.83. The highest BCUT2D eigenvalue weighted by Gasteiger charge is 2.07. The summed E-state index contributed by atoms with van der Waals surface area (Å²) in [6.45, 7) is 3.65. The lowest BCUT2D eigenvalue weighted by atomic mass is 10.2. The van der Waals surface area contributed by atoms with Crippen LogP contribution in [-0.2, 0) is 9.59 Å². The van der Waals surface area contributed by atoms with Crippen molar-refractivity contribution in [2.75, 3.05) is 10.6 Å². The van der Waals surface area contributed by atoms with Crippen molar-refractivity contribution >= 4 is 58.2 Å². The summed E-state index contributed by atoms with van der Waals surface area (Å²) in [7, 11) is 0. The Labute approximate surface area is 168 Å². The highest BCUT2D eigenvalue weighted by molar-refractivity contribution is 7.80. The van der Waals surface area contributed by atoms with E-state index in [0.717, 1.165) is 5.56 Å². The number of nitrogens with one attached hydrogen (secondary N) is 3. The minimum atomic E-state index is -0.367. The van der Waals surface area contributed by atoms with E-state index in [2.05, 4.69) is 16.0 Å². The number of benzene rings is 2. The van der Waals surface area contributed by atoms with E-state index < -0.39 is 0 Å². The second kappa shape index (κ2) is 9.85. The number of halogens is 1. The van der Waals surface area contributed by atoms with E-state index in [1.165, 1.54) is 6.08 Å². The molecule has 0 unspecified atom stereocenters. The molecule has 0 aliphatic carbocycles. The van der Waals surface area contributed by atoms with Gasteiger partial charge < -0.3 is 10.6 Å². The molecule has 0 fully saturated rings. The second-order valence-electron chi connectivity index (χ2n) is 6.02. The highest BCUT2D eigenvalue weighted by Crippen LogP contribution is 2.16. The van der Waals surface area contributed by atoms with E-state index in [1.807, 2.05) is 32.0 Å². The molecule has 2 amide bonds. The average molecular weight is 402 g/mol. The first kappa shape index (κ1) is 20.6. The van der Waals surface area contributed by atoms with Crippen LogP contribution in [0.15, 0.2) is 54.6 Å². The zero-order valence-corrected chi connectivity index (χ0v) is 16.5. The van der Waals surface area contributed by atoms with Crippen molar-refractivity contribution < 1.29 is 9.59 Å². The lowest BCUT2D eigenvalue weighted by Crippen LogP contribution is -2.32. The highest BCUT2D eigenvalue weighted by atomic mass is 35.5. The summed E-state index contributed by atoms with van der Waals surface area (Å²) in [5.41, 5.74) is 2.13.